The van der Waals surface area contributed by atoms with Crippen LogP contribution in [0, 0.1) is 0 Å². The molecule has 0 amide bonds. The Kier molecular flexibility index (Phi) is 6.17. The largest absolute Gasteiger partial charge is 0.416 e. The van der Waals surface area contributed by atoms with Gasteiger partial charge in [-0.3, -0.25) is 4.31 Å². The Balaban J connectivity index is 1.67. The maximum atomic E-state index is 13.2. The lowest BCUT2D eigenvalue weighted by molar-refractivity contribution is -0.137. The van der Waals surface area contributed by atoms with Gasteiger partial charge < -0.3 is 10.2 Å². The molecular weight excluding hydrogens is 457 g/mol. The van der Waals surface area contributed by atoms with Crippen molar-refractivity contribution in [2.75, 3.05) is 17.5 Å². The number of aromatic nitrogens is 1. The van der Waals surface area contributed by atoms with Crippen molar-refractivity contribution in [3.63, 3.8) is 0 Å². The summed E-state index contributed by atoms with van der Waals surface area (Å²) in [6.07, 6.45) is -4.48. The van der Waals surface area contributed by atoms with Crippen molar-refractivity contribution in [1.82, 2.24) is 4.98 Å². The number of hydrogen-bond acceptors (Lipinski definition) is 5. The van der Waals surface area contributed by atoms with E-state index in [-0.39, 0.29) is 11.4 Å². The molecule has 1 aliphatic rings. The fraction of sp³-hybridized carbons (Fsp3) is 0.261. The first-order chi connectivity index (χ1) is 15.6. The fourth-order valence-electron chi connectivity index (χ4n) is 3.81. The monoisotopic (exact) mass is 478 g/mol. The van der Waals surface area contributed by atoms with Crippen LogP contribution in [0.15, 0.2) is 65.6 Å². The molecule has 6 nitrogen and oxygen atoms in total. The van der Waals surface area contributed by atoms with Crippen molar-refractivity contribution in [2.24, 2.45) is 0 Å². The molecule has 0 saturated heterocycles. The number of nitrogens with zero attached hydrogens (tertiary/aromatic N) is 2. The Morgan fingerprint density at radius 2 is 1.79 bits per heavy atom. The van der Waals surface area contributed by atoms with Crippen LogP contribution in [-0.4, -0.2) is 36.8 Å². The minimum atomic E-state index is -4.55. The van der Waals surface area contributed by atoms with Gasteiger partial charge in [0.05, 0.1) is 34.1 Å². The van der Waals surface area contributed by atoms with Gasteiger partial charge >= 0.3 is 6.18 Å². The van der Waals surface area contributed by atoms with E-state index in [1.807, 2.05) is 6.07 Å². The predicted molar refractivity (Wildman–Crippen MR) is 116 cm³/mol. The molecule has 0 aliphatic carbocycles. The van der Waals surface area contributed by atoms with E-state index in [2.05, 4.69) is 4.98 Å². The predicted octanol–water partition coefficient (Wildman–Crippen LogP) is 3.93. The number of benzene rings is 2. The Morgan fingerprint density at radius 1 is 1.06 bits per heavy atom. The second-order valence-corrected chi connectivity index (χ2v) is 9.55. The number of rotatable bonds is 5. The Morgan fingerprint density at radius 3 is 2.45 bits per heavy atom. The molecule has 1 aromatic heterocycles. The van der Waals surface area contributed by atoms with Crippen LogP contribution in [0.25, 0.3) is 11.3 Å². The summed E-state index contributed by atoms with van der Waals surface area (Å²) in [5, 5.41) is 19.0. The van der Waals surface area contributed by atoms with E-state index in [1.165, 1.54) is 4.31 Å². The molecule has 4 rings (SSSR count). The zero-order valence-corrected chi connectivity index (χ0v) is 18.1. The van der Waals surface area contributed by atoms with Crippen LogP contribution in [0.5, 0.6) is 0 Å². The first-order valence-corrected chi connectivity index (χ1v) is 11.6. The van der Waals surface area contributed by atoms with E-state index in [9.17, 15) is 26.7 Å². The molecular formula is C23H21F3N2O4S. The highest BCUT2D eigenvalue weighted by Gasteiger charge is 2.33. The summed E-state index contributed by atoms with van der Waals surface area (Å²) in [5.41, 5.74) is 1.92. The summed E-state index contributed by atoms with van der Waals surface area (Å²) >= 11 is 0. The van der Waals surface area contributed by atoms with E-state index in [1.54, 1.807) is 30.3 Å². The summed E-state index contributed by atoms with van der Waals surface area (Å²) in [7, 11) is -4.05. The lowest BCUT2D eigenvalue weighted by atomic mass is 9.99. The van der Waals surface area contributed by atoms with Crippen molar-refractivity contribution >= 4 is 15.7 Å². The number of fused-ring (bicyclic) bond motifs is 1. The van der Waals surface area contributed by atoms with E-state index >= 15 is 0 Å². The third kappa shape index (κ3) is 4.59. The summed E-state index contributed by atoms with van der Waals surface area (Å²) in [4.78, 5) is 4.16. The van der Waals surface area contributed by atoms with Crippen LogP contribution in [0.4, 0.5) is 18.9 Å². The van der Waals surface area contributed by atoms with Gasteiger partial charge in [0.15, 0.2) is 0 Å². The van der Waals surface area contributed by atoms with Crippen molar-refractivity contribution in [3.8, 4) is 11.3 Å². The Labute approximate surface area is 189 Å². The second-order valence-electron chi connectivity index (χ2n) is 7.69. The lowest BCUT2D eigenvalue weighted by Crippen LogP contribution is -2.35. The molecule has 1 aliphatic heterocycles. The van der Waals surface area contributed by atoms with Gasteiger partial charge in [-0.2, -0.15) is 13.2 Å². The Hall–Kier alpha value is -2.95. The molecule has 10 heteroatoms. The number of aryl methyl sites for hydroxylation is 1. The van der Waals surface area contributed by atoms with Gasteiger partial charge in [0.25, 0.3) is 10.0 Å². The minimum absolute atomic E-state index is 0.209. The standard InChI is InChI=1S/C23H21F3N2O4S/c24-23(25,26)17-7-9-18(10-8-17)33(31,32)28-12-2-3-16-13-15(6-11-21(16)28)19-4-1-5-20(27-19)22(30)14-29/h1,4-11,13,22,29-30H,2-3,12,14H2. The number of halogens is 3. The number of anilines is 1. The number of aliphatic hydroxyl groups is 2. The molecule has 0 radical (unpaired) electrons. The zero-order valence-electron chi connectivity index (χ0n) is 17.3. The highest BCUT2D eigenvalue weighted by Crippen LogP contribution is 2.36. The molecule has 174 valence electrons. The molecule has 2 aromatic carbocycles. The van der Waals surface area contributed by atoms with E-state index in [0.717, 1.165) is 35.4 Å². The van der Waals surface area contributed by atoms with Gasteiger partial charge in [0, 0.05) is 12.1 Å². The van der Waals surface area contributed by atoms with Crippen LogP contribution in [-0.2, 0) is 22.6 Å². The van der Waals surface area contributed by atoms with Crippen molar-refractivity contribution in [3.05, 3.63) is 77.5 Å². The zero-order chi connectivity index (χ0) is 23.8. The SMILES string of the molecule is O=S(=O)(c1ccc(C(F)(F)F)cc1)N1CCCc2cc(-c3cccc(C(O)CO)n3)ccc21. The van der Waals surface area contributed by atoms with Gasteiger partial charge in [-0.15, -0.1) is 0 Å². The topological polar surface area (TPSA) is 90.7 Å². The molecule has 2 heterocycles. The number of aliphatic hydroxyl groups excluding tert-OH is 2. The molecule has 1 atom stereocenters. The highest BCUT2D eigenvalue weighted by atomic mass is 32.2. The first kappa shape index (κ1) is 23.2. The average molecular weight is 478 g/mol. The average Bonchev–Trinajstić information content (AvgIpc) is 2.82. The number of pyridine rings is 1. The quantitative estimate of drug-likeness (QED) is 0.580. The van der Waals surface area contributed by atoms with Crippen LogP contribution >= 0.6 is 0 Å². The van der Waals surface area contributed by atoms with Gasteiger partial charge in [0.2, 0.25) is 0 Å². The van der Waals surface area contributed by atoms with E-state index < -0.39 is 34.5 Å². The van der Waals surface area contributed by atoms with Crippen molar-refractivity contribution in [2.45, 2.75) is 30.0 Å². The van der Waals surface area contributed by atoms with Crippen LogP contribution in [0.2, 0.25) is 0 Å². The smallest absolute Gasteiger partial charge is 0.393 e. The third-order valence-electron chi connectivity index (χ3n) is 5.51. The lowest BCUT2D eigenvalue weighted by Gasteiger charge is -2.31. The normalized spacial score (nSPS) is 15.2. The molecule has 33 heavy (non-hydrogen) atoms. The van der Waals surface area contributed by atoms with Gasteiger partial charge in [-0.05, 0) is 66.9 Å². The maximum Gasteiger partial charge on any atom is 0.416 e. The molecule has 3 aromatic rings. The van der Waals surface area contributed by atoms with Crippen LogP contribution in [0.1, 0.15) is 29.3 Å². The molecule has 2 N–H and O–H groups in total. The highest BCUT2D eigenvalue weighted by molar-refractivity contribution is 7.92. The fourth-order valence-corrected chi connectivity index (χ4v) is 5.35. The maximum absolute atomic E-state index is 13.2. The molecule has 0 spiro atoms. The van der Waals surface area contributed by atoms with E-state index in [4.69, 9.17) is 5.11 Å². The summed E-state index contributed by atoms with van der Waals surface area (Å²) in [6.45, 7) is -0.246. The van der Waals surface area contributed by atoms with Crippen LogP contribution in [0.3, 0.4) is 0 Å². The van der Waals surface area contributed by atoms with Crippen molar-refractivity contribution < 1.29 is 31.8 Å². The molecule has 0 saturated carbocycles. The first-order valence-electron chi connectivity index (χ1n) is 10.2. The van der Waals surface area contributed by atoms with Crippen LogP contribution < -0.4 is 4.31 Å². The summed E-state index contributed by atoms with van der Waals surface area (Å²) < 4.78 is 66.2. The van der Waals surface area contributed by atoms with E-state index in [0.29, 0.717) is 29.9 Å². The summed E-state index contributed by atoms with van der Waals surface area (Å²) in [5.74, 6) is 0. The second kappa shape index (κ2) is 8.77. The molecule has 0 fully saturated rings. The number of hydrogen-bond donors (Lipinski definition) is 2. The summed E-state index contributed by atoms with van der Waals surface area (Å²) in [6, 6.07) is 13.7. The third-order valence-corrected chi connectivity index (χ3v) is 7.33. The minimum Gasteiger partial charge on any atom is -0.393 e. The van der Waals surface area contributed by atoms with Crippen molar-refractivity contribution in [1.29, 1.82) is 0 Å². The molecule has 1 unspecified atom stereocenters. The number of alkyl halides is 3. The van der Waals surface area contributed by atoms with Gasteiger partial charge in [0.1, 0.15) is 6.10 Å². The molecule has 0 bridgehead atoms. The Bertz CT molecular complexity index is 1260. The number of sulfonamides is 1. The van der Waals surface area contributed by atoms with Gasteiger partial charge in [-0.1, -0.05) is 12.1 Å². The van der Waals surface area contributed by atoms with Gasteiger partial charge in [-0.25, -0.2) is 13.4 Å².